The van der Waals surface area contributed by atoms with Crippen molar-refractivity contribution in [3.63, 3.8) is 0 Å². The van der Waals surface area contributed by atoms with E-state index in [4.69, 9.17) is 23.4 Å². The third-order valence-electron chi connectivity index (χ3n) is 6.56. The first kappa shape index (κ1) is 29.6. The zero-order valence-corrected chi connectivity index (χ0v) is 24.6. The van der Waals surface area contributed by atoms with Crippen molar-refractivity contribution in [3.8, 4) is 5.75 Å². The highest BCUT2D eigenvalue weighted by molar-refractivity contribution is 6.74. The van der Waals surface area contributed by atoms with Crippen LogP contribution in [0.2, 0.25) is 18.1 Å². The zero-order valence-electron chi connectivity index (χ0n) is 23.6. The number of esters is 1. The summed E-state index contributed by atoms with van der Waals surface area (Å²) in [5.41, 5.74) is 1.51. The van der Waals surface area contributed by atoms with Crippen molar-refractivity contribution in [2.45, 2.75) is 104 Å². The minimum absolute atomic E-state index is 0.0791. The Hall–Kier alpha value is -1.67. The Morgan fingerprint density at radius 1 is 1.17 bits per heavy atom. The average molecular weight is 507 g/mol. The predicted octanol–water partition coefficient (Wildman–Crippen LogP) is 6.73. The van der Waals surface area contributed by atoms with Gasteiger partial charge in [0.25, 0.3) is 0 Å². The van der Waals surface area contributed by atoms with E-state index in [0.29, 0.717) is 13.2 Å². The second-order valence-electron chi connectivity index (χ2n) is 12.3. The van der Waals surface area contributed by atoms with E-state index in [1.54, 1.807) is 7.11 Å². The van der Waals surface area contributed by atoms with Crippen molar-refractivity contribution in [1.82, 2.24) is 0 Å². The molecule has 1 aromatic carbocycles. The normalized spacial score (nSPS) is 21.2. The molecule has 35 heavy (non-hydrogen) atoms. The van der Waals surface area contributed by atoms with Crippen LogP contribution in [0.4, 0.5) is 0 Å². The smallest absolute Gasteiger partial charge is 0.308 e. The molecule has 0 spiro atoms. The third-order valence-corrected chi connectivity index (χ3v) is 11.0. The maximum Gasteiger partial charge on any atom is 0.308 e. The molecule has 1 aromatic rings. The summed E-state index contributed by atoms with van der Waals surface area (Å²) in [7, 11) is -0.211. The quantitative estimate of drug-likeness (QED) is 0.288. The molecule has 0 bridgehead atoms. The summed E-state index contributed by atoms with van der Waals surface area (Å²) in [6.07, 6.45) is 3.95. The van der Waals surface area contributed by atoms with Crippen LogP contribution in [0.15, 0.2) is 24.3 Å². The minimum Gasteiger partial charge on any atom is -0.496 e. The average Bonchev–Trinajstić information content (AvgIpc) is 2.69. The first-order valence-electron chi connectivity index (χ1n) is 12.5. The van der Waals surface area contributed by atoms with Gasteiger partial charge in [-0.3, -0.25) is 4.79 Å². The van der Waals surface area contributed by atoms with E-state index in [2.05, 4.69) is 46.0 Å². The SMILES string of the molecule is COc1ccc(/C=C/C2COC(C)(C)OC2CC(=O)OC(C)(C)C)cc1CO[Si](C)(C)C(C)(C)C. The predicted molar refractivity (Wildman–Crippen MR) is 143 cm³/mol. The van der Waals surface area contributed by atoms with Crippen LogP contribution in [-0.2, 0) is 30.0 Å². The molecular weight excluding hydrogens is 460 g/mol. The Morgan fingerprint density at radius 2 is 1.83 bits per heavy atom. The lowest BCUT2D eigenvalue weighted by atomic mass is 9.96. The number of rotatable bonds is 8. The summed E-state index contributed by atoms with van der Waals surface area (Å²) in [4.78, 5) is 12.5. The summed E-state index contributed by atoms with van der Waals surface area (Å²) in [6, 6.07) is 6.08. The van der Waals surface area contributed by atoms with Crippen molar-refractivity contribution < 1.29 is 28.2 Å². The van der Waals surface area contributed by atoms with E-state index < -0.39 is 19.7 Å². The Balaban J connectivity index is 2.19. The molecule has 1 aliphatic heterocycles. The maximum absolute atomic E-state index is 12.5. The van der Waals surface area contributed by atoms with E-state index in [1.807, 2.05) is 52.8 Å². The number of carbonyl (C=O) groups is 1. The van der Waals surface area contributed by atoms with Gasteiger partial charge in [0.2, 0.25) is 0 Å². The topological polar surface area (TPSA) is 63.2 Å². The van der Waals surface area contributed by atoms with Gasteiger partial charge in [-0.1, -0.05) is 39.0 Å². The molecule has 0 radical (unpaired) electrons. The van der Waals surface area contributed by atoms with Crippen molar-refractivity contribution in [2.24, 2.45) is 5.92 Å². The molecule has 0 amide bonds. The van der Waals surface area contributed by atoms with Crippen LogP contribution in [0.3, 0.4) is 0 Å². The molecule has 7 heteroatoms. The molecule has 0 N–H and O–H groups in total. The summed E-state index contributed by atoms with van der Waals surface area (Å²) >= 11 is 0. The van der Waals surface area contributed by atoms with Gasteiger partial charge in [0, 0.05) is 11.5 Å². The van der Waals surface area contributed by atoms with Crippen LogP contribution < -0.4 is 4.74 Å². The van der Waals surface area contributed by atoms with E-state index in [0.717, 1.165) is 16.9 Å². The van der Waals surface area contributed by atoms with E-state index in [-0.39, 0.29) is 29.5 Å². The van der Waals surface area contributed by atoms with Crippen molar-refractivity contribution >= 4 is 20.4 Å². The van der Waals surface area contributed by atoms with Crippen molar-refractivity contribution in [3.05, 3.63) is 35.4 Å². The summed E-state index contributed by atoms with van der Waals surface area (Å²) in [5, 5.41) is 0.135. The summed E-state index contributed by atoms with van der Waals surface area (Å²) in [6.45, 7) is 21.5. The summed E-state index contributed by atoms with van der Waals surface area (Å²) < 4.78 is 29.6. The lowest BCUT2D eigenvalue weighted by Gasteiger charge is -2.40. The molecular formula is C28H46O6Si. The largest absolute Gasteiger partial charge is 0.496 e. The van der Waals surface area contributed by atoms with Crippen LogP contribution in [0.1, 0.15) is 72.9 Å². The number of ether oxygens (including phenoxy) is 4. The number of hydrogen-bond donors (Lipinski definition) is 0. The molecule has 1 fully saturated rings. The fourth-order valence-electron chi connectivity index (χ4n) is 3.53. The van der Waals surface area contributed by atoms with Crippen LogP contribution in [0, 0.1) is 5.92 Å². The fraction of sp³-hybridized carbons (Fsp3) is 0.679. The molecule has 198 valence electrons. The van der Waals surface area contributed by atoms with Gasteiger partial charge >= 0.3 is 5.97 Å². The number of benzene rings is 1. The van der Waals surface area contributed by atoms with Gasteiger partial charge in [0.15, 0.2) is 14.1 Å². The van der Waals surface area contributed by atoms with Crippen LogP contribution in [-0.4, -0.2) is 45.5 Å². The van der Waals surface area contributed by atoms with Crippen LogP contribution in [0.5, 0.6) is 5.75 Å². The second kappa shape index (κ2) is 11.2. The molecule has 2 rings (SSSR count). The standard InChI is InChI=1S/C28H46O6Si/c1-26(2,3)34-25(29)17-24-21(18-31-28(7,8)33-24)14-12-20-13-15-23(30-9)22(16-20)19-32-35(10,11)27(4,5)6/h12-16,21,24H,17-19H2,1-11H3/b14-12+. The summed E-state index contributed by atoms with van der Waals surface area (Å²) in [5.74, 6) is -0.279. The van der Waals surface area contributed by atoms with Gasteiger partial charge in [-0.05, 0) is 70.4 Å². The van der Waals surface area contributed by atoms with E-state index in [9.17, 15) is 4.79 Å². The van der Waals surface area contributed by atoms with Gasteiger partial charge in [-0.25, -0.2) is 0 Å². The van der Waals surface area contributed by atoms with E-state index in [1.165, 1.54) is 0 Å². The Labute approximate surface area is 213 Å². The van der Waals surface area contributed by atoms with Crippen LogP contribution in [0.25, 0.3) is 6.08 Å². The molecule has 2 unspecified atom stereocenters. The molecule has 0 aromatic heterocycles. The minimum atomic E-state index is -1.89. The van der Waals surface area contributed by atoms with E-state index >= 15 is 0 Å². The highest BCUT2D eigenvalue weighted by atomic mass is 28.4. The highest BCUT2D eigenvalue weighted by Crippen LogP contribution is 2.38. The Bertz CT molecular complexity index is 892. The zero-order chi connectivity index (χ0) is 26.7. The number of carbonyl (C=O) groups excluding carboxylic acids is 1. The lowest BCUT2D eigenvalue weighted by Crippen LogP contribution is -2.46. The Morgan fingerprint density at radius 3 is 2.40 bits per heavy atom. The monoisotopic (exact) mass is 506 g/mol. The molecule has 0 aliphatic carbocycles. The molecule has 0 saturated carbocycles. The first-order valence-corrected chi connectivity index (χ1v) is 15.4. The van der Waals surface area contributed by atoms with Gasteiger partial charge in [-0.2, -0.15) is 0 Å². The van der Waals surface area contributed by atoms with Gasteiger partial charge < -0.3 is 23.4 Å². The number of hydrogen-bond acceptors (Lipinski definition) is 6. The lowest BCUT2D eigenvalue weighted by molar-refractivity contribution is -0.287. The molecule has 2 atom stereocenters. The van der Waals surface area contributed by atoms with Crippen LogP contribution >= 0.6 is 0 Å². The first-order chi connectivity index (χ1) is 15.9. The maximum atomic E-state index is 12.5. The van der Waals surface area contributed by atoms with Gasteiger partial charge in [0.05, 0.1) is 32.8 Å². The van der Waals surface area contributed by atoms with Crippen molar-refractivity contribution in [2.75, 3.05) is 13.7 Å². The molecule has 6 nitrogen and oxygen atoms in total. The third kappa shape index (κ3) is 9.05. The van der Waals surface area contributed by atoms with Gasteiger partial charge in [-0.15, -0.1) is 0 Å². The molecule has 1 heterocycles. The highest BCUT2D eigenvalue weighted by Gasteiger charge is 2.38. The Kier molecular flexibility index (Phi) is 9.42. The fourth-order valence-corrected chi connectivity index (χ4v) is 4.48. The molecule has 1 saturated heterocycles. The number of methoxy groups -OCH3 is 1. The van der Waals surface area contributed by atoms with Crippen molar-refractivity contribution in [1.29, 1.82) is 0 Å². The molecule has 1 aliphatic rings. The second-order valence-corrected chi connectivity index (χ2v) is 17.1. The van der Waals surface area contributed by atoms with Gasteiger partial charge in [0.1, 0.15) is 11.4 Å².